The minimum absolute atomic E-state index is 0.154. The van der Waals surface area contributed by atoms with Crippen LogP contribution in [-0.4, -0.2) is 69.6 Å². The summed E-state index contributed by atoms with van der Waals surface area (Å²) >= 11 is 5.92. The summed E-state index contributed by atoms with van der Waals surface area (Å²) < 4.78 is 17.8. The van der Waals surface area contributed by atoms with Gasteiger partial charge in [0.15, 0.2) is 5.82 Å². The van der Waals surface area contributed by atoms with E-state index in [-0.39, 0.29) is 29.4 Å². The number of carbonyl (C=O) groups is 3. The molecular formula is C36H48BClN6O6. The molecule has 0 unspecified atom stereocenters. The highest BCUT2D eigenvalue weighted by Crippen LogP contribution is 2.37. The van der Waals surface area contributed by atoms with E-state index in [1.54, 1.807) is 24.3 Å². The molecule has 1 atom stereocenters. The lowest BCUT2D eigenvalue weighted by molar-refractivity contribution is -0.130. The summed E-state index contributed by atoms with van der Waals surface area (Å²) in [6, 6.07) is 13.5. The molecular weight excluding hydrogens is 659 g/mol. The van der Waals surface area contributed by atoms with Gasteiger partial charge in [-0.3, -0.25) is 9.59 Å². The SMILES string of the molecule is CC(C)(C)OC(=O)NCC1CCC(C(=O)N(C(=O)[C@@H](N)Cc2cccc(B3OC(C)(C)C(C)(C)O3)c2)c2ccc(-c3n[nH]c(Cl)n3)cc2)CC1. The van der Waals surface area contributed by atoms with Crippen LogP contribution in [0.1, 0.15) is 79.7 Å². The highest BCUT2D eigenvalue weighted by Gasteiger charge is 2.51. The molecule has 2 heterocycles. The van der Waals surface area contributed by atoms with E-state index in [0.717, 1.165) is 23.9 Å². The molecule has 0 spiro atoms. The van der Waals surface area contributed by atoms with Crippen LogP contribution in [-0.2, 0) is 30.1 Å². The number of nitrogens with zero attached hydrogens (tertiary/aromatic N) is 3. The van der Waals surface area contributed by atoms with Gasteiger partial charge >= 0.3 is 13.2 Å². The molecule has 5 rings (SSSR count). The van der Waals surface area contributed by atoms with Crippen LogP contribution in [0, 0.1) is 11.8 Å². The average molecular weight is 707 g/mol. The Hall–Kier alpha value is -3.78. The number of hydrogen-bond acceptors (Lipinski definition) is 9. The molecule has 1 aliphatic carbocycles. The molecule has 1 saturated heterocycles. The predicted molar refractivity (Wildman–Crippen MR) is 193 cm³/mol. The first kappa shape index (κ1) is 37.5. The van der Waals surface area contributed by atoms with Gasteiger partial charge < -0.3 is 25.1 Å². The standard InChI is InChI=1S/C36H48BClN6O6/c1-34(2,3)48-33(47)40-21-22-11-13-25(14-12-22)30(45)44(27-17-15-24(16-18-27)29-41-32(38)43-42-29)31(46)28(39)20-23-9-8-10-26(19-23)37-49-35(4,5)36(6,7)50-37/h8-10,15-19,22,25,28H,11-14,20-21,39H2,1-7H3,(H,40,47)(H,41,42,43)/t22?,25?,28-/m0/s1. The van der Waals surface area contributed by atoms with Gasteiger partial charge in [0, 0.05) is 18.0 Å². The molecule has 268 valence electrons. The van der Waals surface area contributed by atoms with Crippen molar-refractivity contribution in [1.29, 1.82) is 0 Å². The number of H-pyrrole nitrogens is 1. The third kappa shape index (κ3) is 8.92. The van der Waals surface area contributed by atoms with Crippen LogP contribution in [0.3, 0.4) is 0 Å². The van der Waals surface area contributed by atoms with Crippen LogP contribution in [0.25, 0.3) is 11.4 Å². The Labute approximate surface area is 299 Å². The van der Waals surface area contributed by atoms with Crippen molar-refractivity contribution >= 4 is 47.8 Å². The second-order valence-corrected chi connectivity index (χ2v) is 15.6. The summed E-state index contributed by atoms with van der Waals surface area (Å²) in [5.74, 6) is -0.603. The summed E-state index contributed by atoms with van der Waals surface area (Å²) in [7, 11) is -0.559. The number of rotatable bonds is 9. The number of ether oxygens (including phenoxy) is 1. The van der Waals surface area contributed by atoms with Gasteiger partial charge in [-0.2, -0.15) is 10.1 Å². The van der Waals surface area contributed by atoms with E-state index in [0.29, 0.717) is 36.5 Å². The Balaban J connectivity index is 1.31. The summed E-state index contributed by atoms with van der Waals surface area (Å²) in [5.41, 5.74) is 7.75. The van der Waals surface area contributed by atoms with Crippen molar-refractivity contribution in [2.45, 2.75) is 103 Å². The number of imide groups is 1. The number of nitrogens with one attached hydrogen (secondary N) is 2. The second kappa shape index (κ2) is 14.8. The van der Waals surface area contributed by atoms with Crippen molar-refractivity contribution < 1.29 is 28.4 Å². The monoisotopic (exact) mass is 706 g/mol. The van der Waals surface area contributed by atoms with E-state index in [9.17, 15) is 14.4 Å². The zero-order valence-corrected chi connectivity index (χ0v) is 30.7. The fraction of sp³-hybridized carbons (Fsp3) is 0.528. The van der Waals surface area contributed by atoms with E-state index < -0.39 is 42.0 Å². The molecule has 50 heavy (non-hydrogen) atoms. The molecule has 1 aromatic heterocycles. The Morgan fingerprint density at radius 1 is 1.06 bits per heavy atom. The predicted octanol–water partition coefficient (Wildman–Crippen LogP) is 5.19. The maximum atomic E-state index is 14.2. The molecule has 12 nitrogen and oxygen atoms in total. The van der Waals surface area contributed by atoms with E-state index in [1.165, 1.54) is 4.90 Å². The van der Waals surface area contributed by atoms with Gasteiger partial charge in [0.1, 0.15) is 5.60 Å². The maximum Gasteiger partial charge on any atom is 0.494 e. The van der Waals surface area contributed by atoms with E-state index >= 15 is 0 Å². The van der Waals surface area contributed by atoms with Crippen molar-refractivity contribution in [3.05, 3.63) is 59.4 Å². The summed E-state index contributed by atoms with van der Waals surface area (Å²) in [4.78, 5) is 45.9. The number of alkyl carbamates (subject to hydrolysis) is 1. The van der Waals surface area contributed by atoms with Gasteiger partial charge in [0.25, 0.3) is 5.91 Å². The number of halogens is 1. The summed E-state index contributed by atoms with van der Waals surface area (Å²) in [5, 5.41) is 9.70. The lowest BCUT2D eigenvalue weighted by Crippen LogP contribution is -2.50. The third-order valence-electron chi connectivity index (χ3n) is 9.66. The lowest BCUT2D eigenvalue weighted by atomic mass is 9.78. The minimum Gasteiger partial charge on any atom is -0.444 e. The number of anilines is 1. The molecule has 14 heteroatoms. The fourth-order valence-electron chi connectivity index (χ4n) is 6.18. The Kier molecular flexibility index (Phi) is 11.1. The molecule has 4 N–H and O–H groups in total. The highest BCUT2D eigenvalue weighted by atomic mass is 35.5. The maximum absolute atomic E-state index is 14.2. The van der Waals surface area contributed by atoms with E-state index in [4.69, 9.17) is 31.4 Å². The highest BCUT2D eigenvalue weighted by molar-refractivity contribution is 6.62. The van der Waals surface area contributed by atoms with E-state index in [2.05, 4.69) is 20.5 Å². The third-order valence-corrected chi connectivity index (χ3v) is 9.83. The van der Waals surface area contributed by atoms with Crippen LogP contribution in [0.4, 0.5) is 10.5 Å². The number of hydrogen-bond donors (Lipinski definition) is 3. The van der Waals surface area contributed by atoms with Crippen molar-refractivity contribution in [2.75, 3.05) is 11.4 Å². The topological polar surface area (TPSA) is 162 Å². The van der Waals surface area contributed by atoms with Gasteiger partial charge in [0.2, 0.25) is 11.2 Å². The van der Waals surface area contributed by atoms with Crippen LogP contribution >= 0.6 is 11.6 Å². The molecule has 0 bridgehead atoms. The van der Waals surface area contributed by atoms with Crippen LogP contribution in [0.15, 0.2) is 48.5 Å². The first-order chi connectivity index (χ1) is 23.4. The zero-order chi connectivity index (χ0) is 36.4. The largest absolute Gasteiger partial charge is 0.494 e. The molecule has 2 fully saturated rings. The number of carbonyl (C=O) groups excluding carboxylic acids is 3. The van der Waals surface area contributed by atoms with Gasteiger partial charge in [-0.1, -0.05) is 24.3 Å². The van der Waals surface area contributed by atoms with Crippen molar-refractivity contribution in [3.8, 4) is 11.4 Å². The molecule has 0 radical (unpaired) electrons. The first-order valence-electron chi connectivity index (χ1n) is 17.2. The number of amides is 3. The lowest BCUT2D eigenvalue weighted by Gasteiger charge is -2.32. The van der Waals surface area contributed by atoms with Crippen molar-refractivity contribution in [2.24, 2.45) is 17.6 Å². The Bertz CT molecular complexity index is 1670. The molecule has 3 aromatic rings. The molecule has 1 aliphatic heterocycles. The Morgan fingerprint density at radius 2 is 1.70 bits per heavy atom. The molecule has 3 amide bonds. The Morgan fingerprint density at radius 3 is 2.28 bits per heavy atom. The number of nitrogens with two attached hydrogens (primary N) is 1. The normalized spacial score (nSPS) is 20.6. The van der Waals surface area contributed by atoms with Gasteiger partial charge in [-0.25, -0.2) is 14.8 Å². The van der Waals surface area contributed by atoms with Crippen molar-refractivity contribution in [1.82, 2.24) is 20.5 Å². The zero-order valence-electron chi connectivity index (χ0n) is 29.9. The molecule has 1 saturated carbocycles. The van der Waals surface area contributed by atoms with Crippen molar-refractivity contribution in [3.63, 3.8) is 0 Å². The number of aromatic amines is 1. The fourth-order valence-corrected chi connectivity index (χ4v) is 6.31. The number of aromatic nitrogens is 3. The quantitative estimate of drug-likeness (QED) is 0.255. The molecule has 2 aliphatic rings. The summed E-state index contributed by atoms with van der Waals surface area (Å²) in [6.45, 7) is 13.9. The van der Waals surface area contributed by atoms with Gasteiger partial charge in [-0.05, 0) is 133 Å². The second-order valence-electron chi connectivity index (χ2n) is 15.3. The van der Waals surface area contributed by atoms with E-state index in [1.807, 2.05) is 72.7 Å². The van der Waals surface area contributed by atoms with Crippen LogP contribution in [0.5, 0.6) is 0 Å². The van der Waals surface area contributed by atoms with Gasteiger partial charge in [-0.15, -0.1) is 0 Å². The minimum atomic E-state index is -1.01. The first-order valence-corrected chi connectivity index (χ1v) is 17.5. The molecule has 2 aromatic carbocycles. The summed E-state index contributed by atoms with van der Waals surface area (Å²) in [6.07, 6.45) is 2.32. The van der Waals surface area contributed by atoms with Gasteiger partial charge in [0.05, 0.1) is 22.9 Å². The number of benzene rings is 2. The van der Waals surface area contributed by atoms with Crippen LogP contribution in [0.2, 0.25) is 5.28 Å². The smallest absolute Gasteiger partial charge is 0.444 e. The van der Waals surface area contributed by atoms with Crippen LogP contribution < -0.4 is 21.4 Å². The average Bonchev–Trinajstić information content (AvgIpc) is 3.58.